The molecule has 0 bridgehead atoms. The lowest BCUT2D eigenvalue weighted by Gasteiger charge is -2.42. The van der Waals surface area contributed by atoms with Crippen LogP contribution in [0.1, 0.15) is 29.5 Å². The van der Waals surface area contributed by atoms with Gasteiger partial charge in [0.25, 0.3) is 0 Å². The fourth-order valence-electron chi connectivity index (χ4n) is 5.28. The number of amides is 3. The predicted octanol–water partition coefficient (Wildman–Crippen LogP) is 4.38. The number of anilines is 2. The standard InChI is InChI=1S/C26H28F3N5O2/c1-17-3-6-19(7-4-17)32-24(36)34-15-22(23(35)31-2)25(16-34)9-11-33(12-10-25)20-8-5-18(14-30)21(13-20)26(27,28)29/h3-8,13,22H,9-12,15-16H2,1-2H3,(H,31,35)(H,32,36). The van der Waals surface area contributed by atoms with Crippen molar-refractivity contribution in [2.75, 3.05) is 43.4 Å². The summed E-state index contributed by atoms with van der Waals surface area (Å²) in [4.78, 5) is 29.3. The summed E-state index contributed by atoms with van der Waals surface area (Å²) in [6, 6.07) is 12.5. The van der Waals surface area contributed by atoms with Crippen LogP contribution in [-0.4, -0.2) is 50.1 Å². The van der Waals surface area contributed by atoms with E-state index in [-0.39, 0.29) is 18.5 Å². The summed E-state index contributed by atoms with van der Waals surface area (Å²) in [7, 11) is 1.57. The second-order valence-electron chi connectivity index (χ2n) is 9.53. The molecular weight excluding hydrogens is 471 g/mol. The molecule has 2 aromatic carbocycles. The molecule has 2 N–H and O–H groups in total. The molecule has 2 aromatic rings. The van der Waals surface area contributed by atoms with Crippen molar-refractivity contribution in [3.05, 3.63) is 59.2 Å². The predicted molar refractivity (Wildman–Crippen MR) is 129 cm³/mol. The smallest absolute Gasteiger partial charge is 0.371 e. The molecule has 190 valence electrons. The van der Waals surface area contributed by atoms with Gasteiger partial charge in [0, 0.05) is 50.0 Å². The Balaban J connectivity index is 1.50. The van der Waals surface area contributed by atoms with E-state index in [2.05, 4.69) is 10.6 Å². The molecule has 4 rings (SSSR count). The number of carbonyl (C=O) groups is 2. The fourth-order valence-corrected chi connectivity index (χ4v) is 5.28. The molecule has 2 aliphatic heterocycles. The quantitative estimate of drug-likeness (QED) is 0.656. The van der Waals surface area contributed by atoms with Gasteiger partial charge >= 0.3 is 12.2 Å². The molecule has 1 spiro atoms. The number of nitrogens with one attached hydrogen (secondary N) is 2. The van der Waals surface area contributed by atoms with Crippen molar-refractivity contribution in [3.63, 3.8) is 0 Å². The van der Waals surface area contributed by atoms with Gasteiger partial charge in [-0.05, 0) is 50.1 Å². The third-order valence-electron chi connectivity index (χ3n) is 7.35. The number of aryl methyl sites for hydroxylation is 1. The molecule has 36 heavy (non-hydrogen) atoms. The lowest BCUT2D eigenvalue weighted by atomic mass is 9.70. The van der Waals surface area contributed by atoms with Crippen LogP contribution in [-0.2, 0) is 11.0 Å². The van der Waals surface area contributed by atoms with Gasteiger partial charge in [-0.25, -0.2) is 4.79 Å². The maximum Gasteiger partial charge on any atom is 0.417 e. The van der Waals surface area contributed by atoms with E-state index in [1.165, 1.54) is 12.1 Å². The summed E-state index contributed by atoms with van der Waals surface area (Å²) in [6.45, 7) is 3.48. The molecule has 7 nitrogen and oxygen atoms in total. The van der Waals surface area contributed by atoms with E-state index in [9.17, 15) is 22.8 Å². The zero-order chi connectivity index (χ0) is 26.1. The first kappa shape index (κ1) is 25.4. The summed E-state index contributed by atoms with van der Waals surface area (Å²) in [5, 5.41) is 14.7. The highest BCUT2D eigenvalue weighted by Gasteiger charge is 2.52. The van der Waals surface area contributed by atoms with Crippen LogP contribution < -0.4 is 15.5 Å². The number of urea groups is 1. The Bertz CT molecular complexity index is 1180. The number of halogens is 3. The van der Waals surface area contributed by atoms with Crippen molar-refractivity contribution >= 4 is 23.3 Å². The van der Waals surface area contributed by atoms with Crippen LogP contribution in [0.25, 0.3) is 0 Å². The van der Waals surface area contributed by atoms with Crippen LogP contribution in [0.2, 0.25) is 0 Å². The first-order valence-corrected chi connectivity index (χ1v) is 11.8. The highest BCUT2D eigenvalue weighted by atomic mass is 19.4. The highest BCUT2D eigenvalue weighted by molar-refractivity contribution is 5.90. The van der Waals surface area contributed by atoms with Gasteiger partial charge in [0.05, 0.1) is 23.1 Å². The van der Waals surface area contributed by atoms with E-state index in [1.54, 1.807) is 18.0 Å². The Morgan fingerprint density at radius 2 is 1.78 bits per heavy atom. The number of piperidine rings is 1. The molecule has 2 saturated heterocycles. The fraction of sp³-hybridized carbons (Fsp3) is 0.423. The molecule has 2 aliphatic rings. The van der Waals surface area contributed by atoms with Crippen LogP contribution in [0.5, 0.6) is 0 Å². The van der Waals surface area contributed by atoms with Gasteiger partial charge in [-0.2, -0.15) is 18.4 Å². The van der Waals surface area contributed by atoms with E-state index in [0.29, 0.717) is 43.9 Å². The number of likely N-dealkylation sites (tertiary alicyclic amines) is 1. The van der Waals surface area contributed by atoms with E-state index in [4.69, 9.17) is 5.26 Å². The Morgan fingerprint density at radius 1 is 1.11 bits per heavy atom. The van der Waals surface area contributed by atoms with E-state index in [0.717, 1.165) is 11.6 Å². The van der Waals surface area contributed by atoms with Crippen molar-refractivity contribution in [2.24, 2.45) is 11.3 Å². The summed E-state index contributed by atoms with van der Waals surface area (Å²) in [5.41, 5.74) is 0.292. The van der Waals surface area contributed by atoms with E-state index >= 15 is 0 Å². The number of nitrogens with zero attached hydrogens (tertiary/aromatic N) is 3. The van der Waals surface area contributed by atoms with Crippen LogP contribution in [0.15, 0.2) is 42.5 Å². The minimum Gasteiger partial charge on any atom is -0.371 e. The Labute approximate surface area is 207 Å². The minimum absolute atomic E-state index is 0.146. The molecular formula is C26H28F3N5O2. The van der Waals surface area contributed by atoms with Crippen molar-refractivity contribution in [2.45, 2.75) is 25.9 Å². The maximum absolute atomic E-state index is 13.4. The summed E-state index contributed by atoms with van der Waals surface area (Å²) in [6.07, 6.45) is -3.54. The molecule has 0 aliphatic carbocycles. The van der Waals surface area contributed by atoms with Gasteiger partial charge in [0.1, 0.15) is 0 Å². The average molecular weight is 500 g/mol. The van der Waals surface area contributed by atoms with Gasteiger partial charge in [-0.15, -0.1) is 0 Å². The minimum atomic E-state index is -4.63. The number of carbonyl (C=O) groups excluding carboxylic acids is 2. The van der Waals surface area contributed by atoms with E-state index < -0.39 is 28.6 Å². The van der Waals surface area contributed by atoms with Crippen molar-refractivity contribution < 1.29 is 22.8 Å². The second kappa shape index (κ2) is 9.72. The number of hydrogen-bond donors (Lipinski definition) is 2. The topological polar surface area (TPSA) is 88.5 Å². The third kappa shape index (κ3) is 4.96. The zero-order valence-corrected chi connectivity index (χ0v) is 20.2. The van der Waals surface area contributed by atoms with Crippen molar-refractivity contribution in [1.82, 2.24) is 10.2 Å². The van der Waals surface area contributed by atoms with Gasteiger partial charge in [-0.1, -0.05) is 17.7 Å². The largest absolute Gasteiger partial charge is 0.417 e. The molecule has 0 saturated carbocycles. The van der Waals surface area contributed by atoms with E-state index in [1.807, 2.05) is 36.1 Å². The first-order chi connectivity index (χ1) is 17.1. The molecule has 10 heteroatoms. The molecule has 0 radical (unpaired) electrons. The second-order valence-corrected chi connectivity index (χ2v) is 9.53. The average Bonchev–Trinajstić information content (AvgIpc) is 3.23. The maximum atomic E-state index is 13.4. The number of hydrogen-bond acceptors (Lipinski definition) is 4. The first-order valence-electron chi connectivity index (χ1n) is 11.8. The normalized spacial score (nSPS) is 19.2. The van der Waals surface area contributed by atoms with Crippen molar-refractivity contribution in [3.8, 4) is 6.07 Å². The number of benzene rings is 2. The lowest BCUT2D eigenvalue weighted by molar-refractivity contribution is -0.137. The van der Waals surface area contributed by atoms with Gasteiger partial charge < -0.3 is 20.4 Å². The van der Waals surface area contributed by atoms with Crippen LogP contribution in [0, 0.1) is 29.6 Å². The Morgan fingerprint density at radius 3 is 2.36 bits per heavy atom. The van der Waals surface area contributed by atoms with Gasteiger partial charge in [0.2, 0.25) is 5.91 Å². The number of alkyl halides is 3. The van der Waals surface area contributed by atoms with Crippen LogP contribution in [0.3, 0.4) is 0 Å². The molecule has 3 amide bonds. The molecule has 1 unspecified atom stereocenters. The molecule has 2 heterocycles. The van der Waals surface area contributed by atoms with Crippen LogP contribution in [0.4, 0.5) is 29.3 Å². The SMILES string of the molecule is CNC(=O)C1CN(C(=O)Nc2ccc(C)cc2)CC12CCN(c1ccc(C#N)c(C(F)(F)F)c1)CC2. The highest BCUT2D eigenvalue weighted by Crippen LogP contribution is 2.46. The summed E-state index contributed by atoms with van der Waals surface area (Å²) >= 11 is 0. The number of nitriles is 1. The van der Waals surface area contributed by atoms with Crippen molar-refractivity contribution in [1.29, 1.82) is 5.26 Å². The van der Waals surface area contributed by atoms with Gasteiger partial charge in [0.15, 0.2) is 0 Å². The summed E-state index contributed by atoms with van der Waals surface area (Å²) in [5.74, 6) is -0.563. The number of rotatable bonds is 3. The Hall–Kier alpha value is -3.74. The zero-order valence-electron chi connectivity index (χ0n) is 20.2. The van der Waals surface area contributed by atoms with Crippen LogP contribution >= 0.6 is 0 Å². The monoisotopic (exact) mass is 499 g/mol. The molecule has 0 aromatic heterocycles. The van der Waals surface area contributed by atoms with Gasteiger partial charge in [-0.3, -0.25) is 4.79 Å². The molecule has 2 fully saturated rings. The lowest BCUT2D eigenvalue weighted by Crippen LogP contribution is -2.48. The third-order valence-corrected chi connectivity index (χ3v) is 7.35. The Kier molecular flexibility index (Phi) is 6.85. The summed E-state index contributed by atoms with van der Waals surface area (Å²) < 4.78 is 40.3. The molecule has 1 atom stereocenters.